The summed E-state index contributed by atoms with van der Waals surface area (Å²) in [6.45, 7) is 11.8. The van der Waals surface area contributed by atoms with Crippen LogP contribution >= 0.6 is 0 Å². The molecular weight excluding hydrogens is 334 g/mol. The number of carbonyl (C=O) groups is 1. The van der Waals surface area contributed by atoms with Gasteiger partial charge in [-0.15, -0.1) is 0 Å². The van der Waals surface area contributed by atoms with Gasteiger partial charge in [0.1, 0.15) is 0 Å². The lowest BCUT2D eigenvalue weighted by atomic mass is 10.0. The van der Waals surface area contributed by atoms with Gasteiger partial charge in [0, 0.05) is 18.7 Å². The first kappa shape index (κ1) is 19.7. The fraction of sp³-hybridized carbons (Fsp3) is 0.565. The van der Waals surface area contributed by atoms with Crippen molar-refractivity contribution < 1.29 is 4.79 Å². The van der Waals surface area contributed by atoms with Crippen LogP contribution in [0.2, 0.25) is 0 Å². The Morgan fingerprint density at radius 2 is 1.93 bits per heavy atom. The number of benzene rings is 1. The molecule has 27 heavy (non-hydrogen) atoms. The van der Waals surface area contributed by atoms with Crippen molar-refractivity contribution in [2.24, 2.45) is 17.8 Å². The first-order chi connectivity index (χ1) is 12.9. The van der Waals surface area contributed by atoms with E-state index in [4.69, 9.17) is 0 Å². The quantitative estimate of drug-likeness (QED) is 0.741. The summed E-state index contributed by atoms with van der Waals surface area (Å²) in [7, 11) is 0. The summed E-state index contributed by atoms with van der Waals surface area (Å²) in [5.41, 5.74) is 4.69. The van der Waals surface area contributed by atoms with Gasteiger partial charge in [0.15, 0.2) is 0 Å². The smallest absolute Gasteiger partial charge is 0.220 e. The zero-order valence-corrected chi connectivity index (χ0v) is 17.3. The van der Waals surface area contributed by atoms with Gasteiger partial charge in [0.25, 0.3) is 0 Å². The van der Waals surface area contributed by atoms with Crippen LogP contribution in [0.4, 0.5) is 0 Å². The second-order valence-corrected chi connectivity index (χ2v) is 8.56. The average molecular weight is 368 g/mol. The highest BCUT2D eigenvalue weighted by Gasteiger charge is 2.40. The molecule has 1 fully saturated rings. The van der Waals surface area contributed by atoms with E-state index in [1.54, 1.807) is 0 Å². The summed E-state index contributed by atoms with van der Waals surface area (Å²) < 4.78 is 2.09. The largest absolute Gasteiger partial charge is 0.349 e. The molecule has 3 unspecified atom stereocenters. The second-order valence-electron chi connectivity index (χ2n) is 8.56. The second kappa shape index (κ2) is 8.28. The van der Waals surface area contributed by atoms with Crippen molar-refractivity contribution in [1.29, 1.82) is 0 Å². The summed E-state index contributed by atoms with van der Waals surface area (Å²) in [5, 5.41) is 7.98. The predicted molar refractivity (Wildman–Crippen MR) is 109 cm³/mol. The average Bonchev–Trinajstić information content (AvgIpc) is 3.29. The number of nitrogens with zero attached hydrogens (tertiary/aromatic N) is 2. The van der Waals surface area contributed by atoms with E-state index in [2.05, 4.69) is 74.0 Å². The summed E-state index contributed by atoms with van der Waals surface area (Å²) in [6.07, 6.45) is 2.46. The first-order valence-electron chi connectivity index (χ1n) is 10.2. The highest BCUT2D eigenvalue weighted by molar-refractivity contribution is 5.77. The number of rotatable bonds is 8. The number of amides is 1. The van der Waals surface area contributed by atoms with Crippen molar-refractivity contribution in [2.75, 3.05) is 0 Å². The highest BCUT2D eigenvalue weighted by Crippen LogP contribution is 2.46. The fourth-order valence-electron chi connectivity index (χ4n) is 4.02. The van der Waals surface area contributed by atoms with Crippen LogP contribution in [-0.2, 0) is 17.8 Å². The van der Waals surface area contributed by atoms with E-state index in [1.807, 2.05) is 6.07 Å². The number of hydrogen-bond donors (Lipinski definition) is 1. The molecule has 2 aromatic rings. The predicted octanol–water partition coefficient (Wildman–Crippen LogP) is 4.60. The van der Waals surface area contributed by atoms with E-state index < -0.39 is 0 Å². The van der Waals surface area contributed by atoms with Gasteiger partial charge >= 0.3 is 0 Å². The van der Waals surface area contributed by atoms with Gasteiger partial charge in [0.2, 0.25) is 5.91 Å². The zero-order chi connectivity index (χ0) is 19.6. The maximum Gasteiger partial charge on any atom is 0.220 e. The summed E-state index contributed by atoms with van der Waals surface area (Å²) in [6, 6.07) is 10.5. The molecule has 1 amide bonds. The molecule has 3 atom stereocenters. The van der Waals surface area contributed by atoms with Crippen LogP contribution in [0.1, 0.15) is 62.2 Å². The van der Waals surface area contributed by atoms with E-state index >= 15 is 0 Å². The molecule has 0 saturated heterocycles. The molecule has 4 heteroatoms. The molecule has 1 saturated carbocycles. The van der Waals surface area contributed by atoms with Gasteiger partial charge in [-0.1, -0.05) is 51.1 Å². The molecule has 1 aromatic carbocycles. The molecule has 1 heterocycles. The van der Waals surface area contributed by atoms with E-state index in [-0.39, 0.29) is 11.9 Å². The minimum absolute atomic E-state index is 0.137. The van der Waals surface area contributed by atoms with Crippen molar-refractivity contribution in [2.45, 2.75) is 66.5 Å². The minimum atomic E-state index is 0.137. The third kappa shape index (κ3) is 4.79. The van der Waals surface area contributed by atoms with Crippen molar-refractivity contribution in [3.8, 4) is 0 Å². The lowest BCUT2D eigenvalue weighted by Crippen LogP contribution is -2.30. The molecule has 4 nitrogen and oxygen atoms in total. The van der Waals surface area contributed by atoms with Gasteiger partial charge in [-0.05, 0) is 55.6 Å². The highest BCUT2D eigenvalue weighted by atomic mass is 16.1. The van der Waals surface area contributed by atoms with Crippen LogP contribution in [-0.4, -0.2) is 15.7 Å². The van der Waals surface area contributed by atoms with E-state index in [9.17, 15) is 4.79 Å². The van der Waals surface area contributed by atoms with E-state index in [0.29, 0.717) is 24.2 Å². The molecule has 1 aliphatic carbocycles. The zero-order valence-electron chi connectivity index (χ0n) is 17.3. The van der Waals surface area contributed by atoms with Gasteiger partial charge in [-0.25, -0.2) is 0 Å². The maximum absolute atomic E-state index is 12.7. The minimum Gasteiger partial charge on any atom is -0.349 e. The summed E-state index contributed by atoms with van der Waals surface area (Å²) in [4.78, 5) is 12.7. The lowest BCUT2D eigenvalue weighted by Gasteiger charge is -2.19. The molecule has 1 N–H and O–H groups in total. The Bertz CT molecular complexity index is 778. The van der Waals surface area contributed by atoms with Crippen molar-refractivity contribution in [3.05, 3.63) is 52.8 Å². The van der Waals surface area contributed by atoms with E-state index in [1.165, 1.54) is 23.2 Å². The number of hydrogen-bond acceptors (Lipinski definition) is 2. The third-order valence-electron chi connectivity index (χ3n) is 5.75. The van der Waals surface area contributed by atoms with Crippen molar-refractivity contribution >= 4 is 5.91 Å². The van der Waals surface area contributed by atoms with Gasteiger partial charge in [0.05, 0.1) is 11.7 Å². The van der Waals surface area contributed by atoms with Gasteiger partial charge < -0.3 is 5.32 Å². The Labute approximate surface area is 163 Å². The van der Waals surface area contributed by atoms with Crippen molar-refractivity contribution in [1.82, 2.24) is 15.1 Å². The number of aryl methyl sites for hydroxylation is 1. The summed E-state index contributed by atoms with van der Waals surface area (Å²) >= 11 is 0. The molecule has 1 aromatic heterocycles. The Balaban J connectivity index is 1.63. The standard InChI is InChI=1S/C23H33N3O/c1-15(2)14-26-18(5)20(17(4)25-26)11-12-22(27)24-23(21-13-16(21)3)19-9-7-6-8-10-19/h6-10,15-16,21,23H,11-14H2,1-5H3,(H,24,27). The normalized spacial score (nSPS) is 19.9. The number of nitrogens with one attached hydrogen (secondary N) is 1. The van der Waals surface area contributed by atoms with Crippen LogP contribution in [0.5, 0.6) is 0 Å². The van der Waals surface area contributed by atoms with Crippen molar-refractivity contribution in [3.63, 3.8) is 0 Å². The molecule has 3 rings (SSSR count). The number of carbonyl (C=O) groups excluding carboxylic acids is 1. The van der Waals surface area contributed by atoms with Crippen LogP contribution < -0.4 is 5.32 Å². The molecule has 0 bridgehead atoms. The Kier molecular flexibility index (Phi) is 6.03. The molecule has 0 radical (unpaired) electrons. The van der Waals surface area contributed by atoms with Crippen LogP contribution in [0.25, 0.3) is 0 Å². The molecular formula is C23H33N3O. The maximum atomic E-state index is 12.7. The van der Waals surface area contributed by atoms with Gasteiger partial charge in [-0.2, -0.15) is 5.10 Å². The third-order valence-corrected chi connectivity index (χ3v) is 5.75. The van der Waals surface area contributed by atoms with Crippen LogP contribution in [0, 0.1) is 31.6 Å². The SMILES string of the molecule is Cc1nn(CC(C)C)c(C)c1CCC(=O)NC(c1ccccc1)C1CC1C. The number of aromatic nitrogens is 2. The lowest BCUT2D eigenvalue weighted by molar-refractivity contribution is -0.122. The molecule has 146 valence electrons. The Hall–Kier alpha value is -2.10. The topological polar surface area (TPSA) is 46.9 Å². The Morgan fingerprint density at radius 3 is 2.52 bits per heavy atom. The molecule has 0 aliphatic heterocycles. The molecule has 1 aliphatic rings. The van der Waals surface area contributed by atoms with E-state index in [0.717, 1.165) is 18.7 Å². The first-order valence-corrected chi connectivity index (χ1v) is 10.2. The fourth-order valence-corrected chi connectivity index (χ4v) is 4.02. The Morgan fingerprint density at radius 1 is 1.26 bits per heavy atom. The van der Waals surface area contributed by atoms with Crippen LogP contribution in [0.15, 0.2) is 30.3 Å². The van der Waals surface area contributed by atoms with Crippen LogP contribution in [0.3, 0.4) is 0 Å². The monoisotopic (exact) mass is 367 g/mol. The summed E-state index contributed by atoms with van der Waals surface area (Å²) in [5.74, 6) is 1.95. The van der Waals surface area contributed by atoms with Gasteiger partial charge in [-0.3, -0.25) is 9.48 Å². The molecule has 0 spiro atoms.